The average Bonchev–Trinajstić information content (AvgIpc) is 2.53. The van der Waals surface area contributed by atoms with Gasteiger partial charge in [0.1, 0.15) is 12.4 Å². The highest BCUT2D eigenvalue weighted by atomic mass is 35.5. The lowest BCUT2D eigenvalue weighted by molar-refractivity contribution is 0.00333. The number of aliphatic hydroxyl groups excluding tert-OH is 1. The Kier molecular flexibility index (Phi) is 9.67. The minimum atomic E-state index is -0.412. The van der Waals surface area contributed by atoms with E-state index in [2.05, 4.69) is 31.7 Å². The molecule has 0 amide bonds. The lowest BCUT2D eigenvalue weighted by atomic mass is 9.99. The zero-order valence-corrected chi connectivity index (χ0v) is 16.0. The summed E-state index contributed by atoms with van der Waals surface area (Å²) in [6.07, 6.45) is 2.06. The summed E-state index contributed by atoms with van der Waals surface area (Å²) in [6.45, 7) is 10.8. The average molecular weight is 358 g/mol. The number of piperidine rings is 1. The van der Waals surface area contributed by atoms with Crippen molar-refractivity contribution in [2.24, 2.45) is 5.92 Å². The number of likely N-dealkylation sites (tertiary alicyclic amines) is 1. The maximum atomic E-state index is 10.0. The molecule has 5 heteroatoms. The first-order valence-corrected chi connectivity index (χ1v) is 8.73. The van der Waals surface area contributed by atoms with Crippen LogP contribution in [-0.2, 0) is 4.74 Å². The van der Waals surface area contributed by atoms with E-state index in [0.29, 0.717) is 26.4 Å². The van der Waals surface area contributed by atoms with Gasteiger partial charge in [0, 0.05) is 6.54 Å². The minimum Gasteiger partial charge on any atom is -0.491 e. The molecule has 1 aliphatic heterocycles. The van der Waals surface area contributed by atoms with Crippen LogP contribution in [0, 0.1) is 19.8 Å². The number of hydrogen-bond donors (Lipinski definition) is 1. The fourth-order valence-corrected chi connectivity index (χ4v) is 2.84. The number of halogens is 1. The first-order chi connectivity index (χ1) is 11.0. The molecule has 0 saturated carbocycles. The molecule has 1 fully saturated rings. The van der Waals surface area contributed by atoms with Gasteiger partial charge in [-0.25, -0.2) is 0 Å². The number of aryl methyl sites for hydroxylation is 2. The molecule has 24 heavy (non-hydrogen) atoms. The molecule has 1 saturated heterocycles. The van der Waals surface area contributed by atoms with Crippen LogP contribution in [0.5, 0.6) is 5.75 Å². The lowest BCUT2D eigenvalue weighted by Gasteiger charge is -2.31. The highest BCUT2D eigenvalue weighted by Gasteiger charge is 2.18. The molecule has 0 bridgehead atoms. The van der Waals surface area contributed by atoms with Crippen molar-refractivity contribution in [3.8, 4) is 5.75 Å². The summed E-state index contributed by atoms with van der Waals surface area (Å²) >= 11 is 0. The highest BCUT2D eigenvalue weighted by Crippen LogP contribution is 2.17. The second-order valence-corrected chi connectivity index (χ2v) is 6.81. The lowest BCUT2D eigenvalue weighted by Crippen LogP contribution is -2.40. The molecule has 1 unspecified atom stereocenters. The predicted octanol–water partition coefficient (Wildman–Crippen LogP) is 3.21. The second kappa shape index (κ2) is 10.9. The van der Waals surface area contributed by atoms with Crippen molar-refractivity contribution >= 4 is 12.4 Å². The minimum absolute atomic E-state index is 0. The summed E-state index contributed by atoms with van der Waals surface area (Å²) in [6, 6.07) is 6.09. The van der Waals surface area contributed by atoms with E-state index in [9.17, 15) is 5.11 Å². The SMILES string of the molecule is Cc1ccc(OCCOCC(O)CN2CCC(C)CC2)cc1C.Cl. The molecule has 2 rings (SSSR count). The number of β-amino-alcohol motifs (C(OH)–C–C–N with tert-alkyl or cyclic N) is 1. The van der Waals surface area contributed by atoms with E-state index in [1.807, 2.05) is 12.1 Å². The van der Waals surface area contributed by atoms with Crippen LogP contribution in [0.1, 0.15) is 30.9 Å². The van der Waals surface area contributed by atoms with Crippen molar-refractivity contribution in [2.45, 2.75) is 39.7 Å². The smallest absolute Gasteiger partial charge is 0.119 e. The number of nitrogens with zero attached hydrogens (tertiary/aromatic N) is 1. The second-order valence-electron chi connectivity index (χ2n) is 6.81. The Morgan fingerprint density at radius 2 is 1.88 bits per heavy atom. The molecule has 1 aromatic rings. The fraction of sp³-hybridized carbons (Fsp3) is 0.684. The number of benzene rings is 1. The molecule has 4 nitrogen and oxygen atoms in total. The molecule has 0 aromatic heterocycles. The normalized spacial score (nSPS) is 17.3. The molecule has 1 aliphatic rings. The largest absolute Gasteiger partial charge is 0.491 e. The third-order valence-corrected chi connectivity index (χ3v) is 4.63. The Morgan fingerprint density at radius 1 is 1.17 bits per heavy atom. The zero-order chi connectivity index (χ0) is 16.7. The number of hydrogen-bond acceptors (Lipinski definition) is 4. The monoisotopic (exact) mass is 357 g/mol. The van der Waals surface area contributed by atoms with E-state index >= 15 is 0 Å². The van der Waals surface area contributed by atoms with Gasteiger partial charge < -0.3 is 19.5 Å². The van der Waals surface area contributed by atoms with Gasteiger partial charge in [-0.1, -0.05) is 13.0 Å². The first kappa shape index (κ1) is 21.2. The van der Waals surface area contributed by atoms with Crippen LogP contribution in [0.3, 0.4) is 0 Å². The van der Waals surface area contributed by atoms with E-state index in [1.165, 1.54) is 24.0 Å². The van der Waals surface area contributed by atoms with Gasteiger partial charge >= 0.3 is 0 Å². The Hall–Kier alpha value is -0.810. The Morgan fingerprint density at radius 3 is 2.54 bits per heavy atom. The Balaban J connectivity index is 0.00000288. The van der Waals surface area contributed by atoms with Crippen molar-refractivity contribution < 1.29 is 14.6 Å². The molecule has 0 spiro atoms. The van der Waals surface area contributed by atoms with E-state index in [4.69, 9.17) is 9.47 Å². The summed E-state index contributed by atoms with van der Waals surface area (Å²) < 4.78 is 11.2. The van der Waals surface area contributed by atoms with Crippen molar-refractivity contribution in [2.75, 3.05) is 39.5 Å². The summed E-state index contributed by atoms with van der Waals surface area (Å²) in [5.41, 5.74) is 2.50. The molecule has 1 heterocycles. The van der Waals surface area contributed by atoms with E-state index < -0.39 is 6.10 Å². The Labute approximate surface area is 152 Å². The van der Waals surface area contributed by atoms with Crippen molar-refractivity contribution in [1.29, 1.82) is 0 Å². The molecule has 1 aromatic carbocycles. The third kappa shape index (κ3) is 7.39. The third-order valence-electron chi connectivity index (χ3n) is 4.63. The van der Waals surface area contributed by atoms with Gasteiger partial charge in [0.15, 0.2) is 0 Å². The number of rotatable bonds is 8. The van der Waals surface area contributed by atoms with E-state index in [-0.39, 0.29) is 12.4 Å². The Bertz CT molecular complexity index is 476. The molecule has 0 aliphatic carbocycles. The molecule has 0 radical (unpaired) electrons. The number of aliphatic hydroxyl groups is 1. The fourth-order valence-electron chi connectivity index (χ4n) is 2.84. The van der Waals surface area contributed by atoms with Crippen LogP contribution in [0.2, 0.25) is 0 Å². The zero-order valence-electron chi connectivity index (χ0n) is 15.2. The standard InChI is InChI=1S/C19H31NO3.ClH/c1-15-6-8-20(9-7-15)13-18(21)14-22-10-11-23-19-5-4-16(2)17(3)12-19;/h4-5,12,15,18,21H,6-11,13-14H2,1-3H3;1H. The summed E-state index contributed by atoms with van der Waals surface area (Å²) in [5, 5.41) is 10.0. The summed E-state index contributed by atoms with van der Waals surface area (Å²) in [7, 11) is 0. The number of ether oxygens (including phenoxy) is 2. The molecule has 1 N–H and O–H groups in total. The van der Waals surface area contributed by atoms with Crippen LogP contribution in [0.25, 0.3) is 0 Å². The summed E-state index contributed by atoms with van der Waals surface area (Å²) in [4.78, 5) is 2.33. The van der Waals surface area contributed by atoms with E-state index in [1.54, 1.807) is 0 Å². The van der Waals surface area contributed by atoms with Gasteiger partial charge in [-0.2, -0.15) is 0 Å². The van der Waals surface area contributed by atoms with Gasteiger partial charge in [0.05, 0.1) is 19.3 Å². The maximum absolute atomic E-state index is 10.0. The van der Waals surface area contributed by atoms with Gasteiger partial charge in [0.2, 0.25) is 0 Å². The molecular formula is C19H32ClNO3. The topological polar surface area (TPSA) is 41.9 Å². The van der Waals surface area contributed by atoms with Crippen LogP contribution < -0.4 is 4.74 Å². The van der Waals surface area contributed by atoms with Crippen LogP contribution in [0.4, 0.5) is 0 Å². The quantitative estimate of drug-likeness (QED) is 0.725. The predicted molar refractivity (Wildman–Crippen MR) is 100 cm³/mol. The summed E-state index contributed by atoms with van der Waals surface area (Å²) in [5.74, 6) is 1.70. The molecule has 1 atom stereocenters. The van der Waals surface area contributed by atoms with Crippen LogP contribution in [0.15, 0.2) is 18.2 Å². The first-order valence-electron chi connectivity index (χ1n) is 8.73. The highest BCUT2D eigenvalue weighted by molar-refractivity contribution is 5.85. The van der Waals surface area contributed by atoms with Crippen LogP contribution >= 0.6 is 12.4 Å². The van der Waals surface area contributed by atoms with Gasteiger partial charge in [0.25, 0.3) is 0 Å². The van der Waals surface area contributed by atoms with Crippen molar-refractivity contribution in [3.63, 3.8) is 0 Å². The van der Waals surface area contributed by atoms with Gasteiger partial charge in [-0.15, -0.1) is 12.4 Å². The molecular weight excluding hydrogens is 326 g/mol. The van der Waals surface area contributed by atoms with Gasteiger partial charge in [-0.3, -0.25) is 0 Å². The van der Waals surface area contributed by atoms with Crippen LogP contribution in [-0.4, -0.2) is 55.6 Å². The van der Waals surface area contributed by atoms with E-state index in [0.717, 1.165) is 24.8 Å². The maximum Gasteiger partial charge on any atom is 0.119 e. The molecule has 138 valence electrons. The van der Waals surface area contributed by atoms with Crippen molar-refractivity contribution in [1.82, 2.24) is 4.90 Å². The van der Waals surface area contributed by atoms with Gasteiger partial charge in [-0.05, 0) is 69.0 Å². The van der Waals surface area contributed by atoms with Crippen molar-refractivity contribution in [3.05, 3.63) is 29.3 Å².